The van der Waals surface area contributed by atoms with Gasteiger partial charge in [0.2, 0.25) is 0 Å². The molecule has 82 valence electrons. The molecular formula is C11H15BrN2O. The predicted octanol–water partition coefficient (Wildman–Crippen LogP) is 1.70. The summed E-state index contributed by atoms with van der Waals surface area (Å²) < 4.78 is 1.01. The molecule has 2 rings (SSSR count). The Balaban J connectivity index is 1.67. The van der Waals surface area contributed by atoms with Crippen molar-refractivity contribution < 1.29 is 5.11 Å². The lowest BCUT2D eigenvalue weighted by Gasteiger charge is -2.31. The van der Waals surface area contributed by atoms with E-state index in [-0.39, 0.29) is 6.10 Å². The summed E-state index contributed by atoms with van der Waals surface area (Å²) in [4.78, 5) is 4.28. The molecule has 0 amide bonds. The minimum absolute atomic E-state index is 0.0531. The van der Waals surface area contributed by atoms with Crippen LogP contribution in [-0.2, 0) is 6.54 Å². The van der Waals surface area contributed by atoms with Gasteiger partial charge in [-0.05, 0) is 53.4 Å². The van der Waals surface area contributed by atoms with Gasteiger partial charge in [-0.25, -0.2) is 0 Å². The average Bonchev–Trinajstić information content (AvgIpc) is 2.18. The first-order chi connectivity index (χ1) is 7.24. The quantitative estimate of drug-likeness (QED) is 0.876. The van der Waals surface area contributed by atoms with E-state index in [0.717, 1.165) is 36.1 Å². The second kappa shape index (κ2) is 5.05. The van der Waals surface area contributed by atoms with Crippen LogP contribution in [0.2, 0.25) is 0 Å². The molecule has 4 heteroatoms. The van der Waals surface area contributed by atoms with E-state index >= 15 is 0 Å². The van der Waals surface area contributed by atoms with Crippen LogP contribution in [0.15, 0.2) is 22.8 Å². The number of nitrogens with one attached hydrogen (secondary N) is 1. The largest absolute Gasteiger partial charge is 0.393 e. The summed E-state index contributed by atoms with van der Waals surface area (Å²) in [7, 11) is 0. The minimum atomic E-state index is -0.0531. The Morgan fingerprint density at radius 1 is 1.47 bits per heavy atom. The monoisotopic (exact) mass is 270 g/mol. The Bertz CT molecular complexity index is 309. The van der Waals surface area contributed by atoms with Crippen LogP contribution in [-0.4, -0.2) is 22.7 Å². The summed E-state index contributed by atoms with van der Waals surface area (Å²) in [6, 6.07) is 4.00. The van der Waals surface area contributed by atoms with Gasteiger partial charge in [0.25, 0.3) is 0 Å². The van der Waals surface area contributed by atoms with Crippen LogP contribution in [0.3, 0.4) is 0 Å². The lowest BCUT2D eigenvalue weighted by atomic mass is 9.82. The van der Waals surface area contributed by atoms with Crippen molar-refractivity contribution in [3.8, 4) is 0 Å². The maximum Gasteiger partial charge on any atom is 0.0546 e. The highest BCUT2D eigenvalue weighted by Crippen LogP contribution is 2.26. The number of nitrogens with zero attached hydrogens (tertiary/aromatic N) is 1. The zero-order chi connectivity index (χ0) is 10.7. The van der Waals surface area contributed by atoms with E-state index in [1.165, 1.54) is 0 Å². The van der Waals surface area contributed by atoms with E-state index in [4.69, 9.17) is 5.11 Å². The Kier molecular flexibility index (Phi) is 3.72. The standard InChI is InChI=1S/C11H15BrN2O/c12-9-1-2-10(14-6-9)7-13-5-8-3-11(15)4-8/h1-2,6,8,11,13,15H,3-5,7H2. The van der Waals surface area contributed by atoms with Crippen LogP contribution in [0.4, 0.5) is 0 Å². The third-order valence-electron chi connectivity index (χ3n) is 2.74. The van der Waals surface area contributed by atoms with Crippen molar-refractivity contribution in [3.63, 3.8) is 0 Å². The molecule has 0 unspecified atom stereocenters. The van der Waals surface area contributed by atoms with Crippen molar-refractivity contribution in [1.82, 2.24) is 10.3 Å². The number of rotatable bonds is 4. The third kappa shape index (κ3) is 3.26. The molecule has 0 spiro atoms. The molecule has 0 saturated heterocycles. The molecule has 0 aromatic carbocycles. The molecule has 1 fully saturated rings. The summed E-state index contributed by atoms with van der Waals surface area (Å²) in [5.41, 5.74) is 1.05. The lowest BCUT2D eigenvalue weighted by Crippen LogP contribution is -2.35. The summed E-state index contributed by atoms with van der Waals surface area (Å²) in [5.74, 6) is 0.649. The van der Waals surface area contributed by atoms with Crippen LogP contribution in [0.5, 0.6) is 0 Å². The molecule has 0 aliphatic heterocycles. The molecule has 0 bridgehead atoms. The van der Waals surface area contributed by atoms with E-state index < -0.39 is 0 Å². The van der Waals surface area contributed by atoms with Gasteiger partial charge in [-0.2, -0.15) is 0 Å². The molecule has 1 aromatic heterocycles. The van der Waals surface area contributed by atoms with E-state index in [2.05, 4.69) is 26.2 Å². The molecule has 3 nitrogen and oxygen atoms in total. The minimum Gasteiger partial charge on any atom is -0.393 e. The van der Waals surface area contributed by atoms with E-state index in [1.54, 1.807) is 0 Å². The smallest absolute Gasteiger partial charge is 0.0546 e. The second-order valence-corrected chi connectivity index (χ2v) is 5.01. The summed E-state index contributed by atoms with van der Waals surface area (Å²) >= 11 is 3.35. The fourth-order valence-corrected chi connectivity index (χ4v) is 2.02. The van der Waals surface area contributed by atoms with Crippen molar-refractivity contribution in [2.24, 2.45) is 5.92 Å². The SMILES string of the molecule is OC1CC(CNCc2ccc(Br)cn2)C1. The zero-order valence-corrected chi connectivity index (χ0v) is 10.1. The highest BCUT2D eigenvalue weighted by atomic mass is 79.9. The van der Waals surface area contributed by atoms with Crippen molar-refractivity contribution >= 4 is 15.9 Å². The number of halogens is 1. The van der Waals surface area contributed by atoms with Crippen molar-refractivity contribution in [2.75, 3.05) is 6.54 Å². The van der Waals surface area contributed by atoms with Crippen LogP contribution in [0.25, 0.3) is 0 Å². The number of aliphatic hydroxyl groups is 1. The van der Waals surface area contributed by atoms with Gasteiger partial charge >= 0.3 is 0 Å². The highest BCUT2D eigenvalue weighted by Gasteiger charge is 2.26. The zero-order valence-electron chi connectivity index (χ0n) is 8.49. The fourth-order valence-electron chi connectivity index (χ4n) is 1.78. The predicted molar refractivity (Wildman–Crippen MR) is 62.4 cm³/mol. The van der Waals surface area contributed by atoms with Gasteiger partial charge in [0.05, 0.1) is 11.8 Å². The summed E-state index contributed by atoms with van der Waals surface area (Å²) in [6.07, 6.45) is 3.65. The summed E-state index contributed by atoms with van der Waals surface area (Å²) in [6.45, 7) is 1.79. The van der Waals surface area contributed by atoms with Crippen molar-refractivity contribution in [2.45, 2.75) is 25.5 Å². The molecule has 1 heterocycles. The van der Waals surface area contributed by atoms with Gasteiger partial charge in [-0.3, -0.25) is 4.98 Å². The Hall–Kier alpha value is -0.450. The molecule has 1 aromatic rings. The molecule has 15 heavy (non-hydrogen) atoms. The number of aliphatic hydroxyl groups excluding tert-OH is 1. The Morgan fingerprint density at radius 2 is 2.27 bits per heavy atom. The average molecular weight is 271 g/mol. The van der Waals surface area contributed by atoms with Crippen LogP contribution < -0.4 is 5.32 Å². The molecule has 1 aliphatic rings. The highest BCUT2D eigenvalue weighted by molar-refractivity contribution is 9.10. The van der Waals surface area contributed by atoms with Gasteiger partial charge in [0, 0.05) is 17.2 Å². The Morgan fingerprint density at radius 3 is 2.87 bits per heavy atom. The van der Waals surface area contributed by atoms with Gasteiger partial charge in [-0.15, -0.1) is 0 Å². The fraction of sp³-hybridized carbons (Fsp3) is 0.545. The van der Waals surface area contributed by atoms with Gasteiger partial charge in [0.15, 0.2) is 0 Å². The number of aromatic nitrogens is 1. The topological polar surface area (TPSA) is 45.1 Å². The number of hydrogen-bond acceptors (Lipinski definition) is 3. The maximum atomic E-state index is 9.12. The lowest BCUT2D eigenvalue weighted by molar-refractivity contribution is 0.0429. The van der Waals surface area contributed by atoms with Crippen LogP contribution >= 0.6 is 15.9 Å². The molecule has 0 atom stereocenters. The number of hydrogen-bond donors (Lipinski definition) is 2. The van der Waals surface area contributed by atoms with Crippen LogP contribution in [0, 0.1) is 5.92 Å². The van der Waals surface area contributed by atoms with E-state index in [9.17, 15) is 0 Å². The van der Waals surface area contributed by atoms with E-state index in [0.29, 0.717) is 5.92 Å². The first-order valence-corrected chi connectivity index (χ1v) is 6.02. The molecule has 1 saturated carbocycles. The van der Waals surface area contributed by atoms with Gasteiger partial charge in [-0.1, -0.05) is 0 Å². The normalized spacial score (nSPS) is 24.9. The third-order valence-corrected chi connectivity index (χ3v) is 3.21. The second-order valence-electron chi connectivity index (χ2n) is 4.09. The molecule has 1 aliphatic carbocycles. The maximum absolute atomic E-state index is 9.12. The first kappa shape index (κ1) is 11.0. The van der Waals surface area contributed by atoms with Gasteiger partial charge in [0.1, 0.15) is 0 Å². The molecule has 0 radical (unpaired) electrons. The molecule has 2 N–H and O–H groups in total. The first-order valence-electron chi connectivity index (χ1n) is 5.23. The number of pyridine rings is 1. The van der Waals surface area contributed by atoms with Gasteiger partial charge < -0.3 is 10.4 Å². The summed E-state index contributed by atoms with van der Waals surface area (Å²) in [5, 5.41) is 12.5. The Labute approximate surface area is 98.0 Å². The van der Waals surface area contributed by atoms with Crippen LogP contribution in [0.1, 0.15) is 18.5 Å². The van der Waals surface area contributed by atoms with Crippen molar-refractivity contribution in [3.05, 3.63) is 28.5 Å². The van der Waals surface area contributed by atoms with E-state index in [1.807, 2.05) is 18.3 Å². The molecular weight excluding hydrogens is 256 g/mol. The van der Waals surface area contributed by atoms with Crippen molar-refractivity contribution in [1.29, 1.82) is 0 Å².